The molecule has 4 nitrogen and oxygen atoms in total. The fourth-order valence-electron chi connectivity index (χ4n) is 2.56. The van der Waals surface area contributed by atoms with Crippen molar-refractivity contribution in [2.24, 2.45) is 0 Å². The number of hydrogen-bond acceptors (Lipinski definition) is 4. The second kappa shape index (κ2) is 5.35. The van der Waals surface area contributed by atoms with Gasteiger partial charge in [-0.25, -0.2) is 0 Å². The van der Waals surface area contributed by atoms with Crippen LogP contribution in [0.25, 0.3) is 10.1 Å². The minimum atomic E-state index is -0.0554. The predicted molar refractivity (Wildman–Crippen MR) is 87.3 cm³/mol. The van der Waals surface area contributed by atoms with Crippen molar-refractivity contribution in [3.63, 3.8) is 0 Å². The number of thiophene rings is 1. The summed E-state index contributed by atoms with van der Waals surface area (Å²) in [5, 5.41) is 4.02. The van der Waals surface area contributed by atoms with Gasteiger partial charge in [0.2, 0.25) is 0 Å². The van der Waals surface area contributed by atoms with Gasteiger partial charge in [-0.2, -0.15) is 0 Å². The van der Waals surface area contributed by atoms with Gasteiger partial charge in [0.25, 0.3) is 5.91 Å². The van der Waals surface area contributed by atoms with Crippen molar-refractivity contribution in [3.8, 4) is 0 Å². The number of carbonyl (C=O) groups is 1. The van der Waals surface area contributed by atoms with Crippen molar-refractivity contribution in [2.45, 2.75) is 12.5 Å². The van der Waals surface area contributed by atoms with Gasteiger partial charge in [0.05, 0.1) is 5.69 Å². The van der Waals surface area contributed by atoms with E-state index in [0.717, 1.165) is 34.1 Å². The van der Waals surface area contributed by atoms with Crippen LogP contribution in [0.15, 0.2) is 22.7 Å². The van der Waals surface area contributed by atoms with Crippen LogP contribution in [-0.2, 0) is 0 Å². The van der Waals surface area contributed by atoms with Gasteiger partial charge in [-0.05, 0) is 38.2 Å². The molecule has 1 saturated heterocycles. The second-order valence-electron chi connectivity index (χ2n) is 5.21. The molecule has 1 amide bonds. The van der Waals surface area contributed by atoms with Crippen LogP contribution >= 0.6 is 27.3 Å². The Labute approximate surface area is 130 Å². The Kier molecular flexibility index (Phi) is 3.70. The van der Waals surface area contributed by atoms with E-state index in [1.807, 2.05) is 18.2 Å². The average Bonchev–Trinajstić information content (AvgIpc) is 2.94. The van der Waals surface area contributed by atoms with E-state index in [0.29, 0.717) is 10.6 Å². The first kappa shape index (κ1) is 13.9. The molecule has 0 radical (unpaired) electrons. The highest BCUT2D eigenvalue weighted by Gasteiger charge is 2.24. The molecule has 1 unspecified atom stereocenters. The van der Waals surface area contributed by atoms with Gasteiger partial charge in [0.15, 0.2) is 0 Å². The first-order chi connectivity index (χ1) is 9.54. The van der Waals surface area contributed by atoms with E-state index < -0.39 is 0 Å². The van der Waals surface area contributed by atoms with Crippen LogP contribution in [0.3, 0.4) is 0 Å². The summed E-state index contributed by atoms with van der Waals surface area (Å²) in [4.78, 5) is 15.2. The number of likely N-dealkylation sites (N-methyl/N-ethyl adjacent to an activating group) is 1. The zero-order valence-electron chi connectivity index (χ0n) is 11.1. The molecule has 1 atom stereocenters. The third-order valence-electron chi connectivity index (χ3n) is 3.62. The second-order valence-corrected chi connectivity index (χ2v) is 7.17. The van der Waals surface area contributed by atoms with Crippen molar-refractivity contribution < 1.29 is 4.79 Å². The van der Waals surface area contributed by atoms with E-state index in [9.17, 15) is 4.79 Å². The maximum Gasteiger partial charge on any atom is 0.263 e. The summed E-state index contributed by atoms with van der Waals surface area (Å²) in [7, 11) is 2.07. The lowest BCUT2D eigenvalue weighted by atomic mass is 10.2. The molecule has 1 aliphatic rings. The minimum Gasteiger partial charge on any atom is -0.397 e. The highest BCUT2D eigenvalue weighted by molar-refractivity contribution is 9.10. The van der Waals surface area contributed by atoms with E-state index in [1.165, 1.54) is 11.3 Å². The molecule has 3 N–H and O–H groups in total. The quantitative estimate of drug-likeness (QED) is 0.872. The maximum atomic E-state index is 12.4. The molecule has 0 bridgehead atoms. The van der Waals surface area contributed by atoms with Crippen molar-refractivity contribution in [2.75, 3.05) is 25.9 Å². The Bertz CT molecular complexity index is 670. The minimum absolute atomic E-state index is 0.0554. The van der Waals surface area contributed by atoms with Gasteiger partial charge in [-0.1, -0.05) is 15.9 Å². The van der Waals surface area contributed by atoms with Crippen molar-refractivity contribution in [3.05, 3.63) is 27.5 Å². The molecule has 0 spiro atoms. The predicted octanol–water partition coefficient (Wildman–Crippen LogP) is 2.68. The zero-order valence-corrected chi connectivity index (χ0v) is 13.6. The Morgan fingerprint density at radius 3 is 3.05 bits per heavy atom. The highest BCUT2D eigenvalue weighted by atomic mass is 79.9. The third kappa shape index (κ3) is 2.55. The number of anilines is 1. The SMILES string of the molecule is CN1CCC(NC(=O)c2sc3ccc(Br)cc3c2N)C1. The molecule has 1 aromatic carbocycles. The Balaban J connectivity index is 1.86. The summed E-state index contributed by atoms with van der Waals surface area (Å²) < 4.78 is 2.01. The number of fused-ring (bicyclic) bond motifs is 1. The van der Waals surface area contributed by atoms with Crippen molar-refractivity contribution >= 4 is 48.9 Å². The van der Waals surface area contributed by atoms with Crippen LogP contribution in [0.5, 0.6) is 0 Å². The molecule has 3 rings (SSSR count). The summed E-state index contributed by atoms with van der Waals surface area (Å²) in [5.41, 5.74) is 6.71. The monoisotopic (exact) mass is 353 g/mol. The number of benzene rings is 1. The van der Waals surface area contributed by atoms with Gasteiger partial charge >= 0.3 is 0 Å². The fraction of sp³-hybridized carbons (Fsp3) is 0.357. The van der Waals surface area contributed by atoms with E-state index >= 15 is 0 Å². The number of carbonyl (C=O) groups excluding carboxylic acids is 1. The van der Waals surface area contributed by atoms with Crippen LogP contribution in [0, 0.1) is 0 Å². The molecular weight excluding hydrogens is 338 g/mol. The molecule has 1 fully saturated rings. The van der Waals surface area contributed by atoms with E-state index in [-0.39, 0.29) is 11.9 Å². The van der Waals surface area contributed by atoms with Gasteiger partial charge in [0, 0.05) is 27.1 Å². The van der Waals surface area contributed by atoms with Crippen LogP contribution in [0.2, 0.25) is 0 Å². The van der Waals surface area contributed by atoms with Gasteiger partial charge < -0.3 is 16.0 Å². The summed E-state index contributed by atoms with van der Waals surface area (Å²) in [5.74, 6) is -0.0554. The van der Waals surface area contributed by atoms with Gasteiger partial charge in [-0.15, -0.1) is 11.3 Å². The Hall–Kier alpha value is -1.11. The number of hydrogen-bond donors (Lipinski definition) is 2. The Morgan fingerprint density at radius 2 is 2.35 bits per heavy atom. The number of amides is 1. The number of nitrogens with two attached hydrogens (primary N) is 1. The molecule has 0 saturated carbocycles. The standard InChI is InChI=1S/C14H16BrN3OS/c1-18-5-4-9(7-18)17-14(19)13-12(16)10-6-8(15)2-3-11(10)20-13/h2-3,6,9H,4-5,7,16H2,1H3,(H,17,19). The largest absolute Gasteiger partial charge is 0.397 e. The molecule has 2 aromatic rings. The van der Waals surface area contributed by atoms with Crippen molar-refractivity contribution in [1.29, 1.82) is 0 Å². The zero-order chi connectivity index (χ0) is 14.3. The lowest BCUT2D eigenvalue weighted by molar-refractivity contribution is 0.0943. The smallest absolute Gasteiger partial charge is 0.263 e. The molecule has 6 heteroatoms. The third-order valence-corrected chi connectivity index (χ3v) is 5.30. The molecule has 106 valence electrons. The normalized spacial score (nSPS) is 19.6. The fourth-order valence-corrected chi connectivity index (χ4v) is 3.93. The number of rotatable bonds is 2. The van der Waals surface area contributed by atoms with Crippen LogP contribution in [0.1, 0.15) is 16.1 Å². The van der Waals surface area contributed by atoms with Crippen LogP contribution in [0.4, 0.5) is 5.69 Å². The molecule has 20 heavy (non-hydrogen) atoms. The molecule has 2 heterocycles. The number of halogens is 1. The Morgan fingerprint density at radius 1 is 1.55 bits per heavy atom. The van der Waals surface area contributed by atoms with Crippen molar-refractivity contribution in [1.82, 2.24) is 10.2 Å². The summed E-state index contributed by atoms with van der Waals surface area (Å²) >= 11 is 4.89. The number of nitrogens with one attached hydrogen (secondary N) is 1. The molecule has 1 aromatic heterocycles. The first-order valence-corrected chi connectivity index (χ1v) is 8.12. The summed E-state index contributed by atoms with van der Waals surface area (Å²) in [6.07, 6.45) is 0.999. The van der Waals surface area contributed by atoms with Gasteiger partial charge in [-0.3, -0.25) is 4.79 Å². The van der Waals surface area contributed by atoms with Crippen LogP contribution < -0.4 is 11.1 Å². The molecule has 0 aliphatic carbocycles. The number of nitrogen functional groups attached to an aromatic ring is 1. The average molecular weight is 354 g/mol. The number of likely N-dealkylation sites (tertiary alicyclic amines) is 1. The topological polar surface area (TPSA) is 58.4 Å². The molecule has 1 aliphatic heterocycles. The lowest BCUT2D eigenvalue weighted by Crippen LogP contribution is -2.36. The summed E-state index contributed by atoms with van der Waals surface area (Å²) in [6, 6.07) is 6.14. The van der Waals surface area contributed by atoms with E-state index in [4.69, 9.17) is 5.73 Å². The number of nitrogens with zero attached hydrogens (tertiary/aromatic N) is 1. The van der Waals surface area contributed by atoms with E-state index in [2.05, 4.69) is 33.2 Å². The lowest BCUT2D eigenvalue weighted by Gasteiger charge is -2.12. The highest BCUT2D eigenvalue weighted by Crippen LogP contribution is 2.35. The first-order valence-electron chi connectivity index (χ1n) is 6.51. The summed E-state index contributed by atoms with van der Waals surface area (Å²) in [6.45, 7) is 1.93. The van der Waals surface area contributed by atoms with Gasteiger partial charge in [0.1, 0.15) is 4.88 Å². The molecular formula is C14H16BrN3OS. The maximum absolute atomic E-state index is 12.4. The van der Waals surface area contributed by atoms with Crippen LogP contribution in [-0.4, -0.2) is 37.0 Å². The van der Waals surface area contributed by atoms with E-state index in [1.54, 1.807) is 0 Å².